The van der Waals surface area contributed by atoms with Gasteiger partial charge in [0.2, 0.25) is 11.2 Å². The minimum absolute atomic E-state index is 0.0940. The number of hydrogen-bond acceptors (Lipinski definition) is 11. The van der Waals surface area contributed by atoms with Crippen molar-refractivity contribution in [2.24, 2.45) is 5.41 Å². The number of methoxy groups -OCH3 is 1. The van der Waals surface area contributed by atoms with Crippen molar-refractivity contribution in [2.45, 2.75) is 51.1 Å². The van der Waals surface area contributed by atoms with Gasteiger partial charge in [-0.05, 0) is 90.6 Å². The van der Waals surface area contributed by atoms with E-state index in [0.29, 0.717) is 33.4 Å². The van der Waals surface area contributed by atoms with Gasteiger partial charge in [-0.25, -0.2) is 4.79 Å². The SMILES string of the molecule is COc1cc(C(=O)NCc2ccc(-c3cccc(C(O)(C(=O)OCC4(C)CCN(Cc5ccccc5)CC4)c4ccccc4)c3)s2)c(Cl)cc1CNC[C@H](O)c1ccc(O)c2[nH]c(=O)ccc12. The summed E-state index contributed by atoms with van der Waals surface area (Å²) in [7, 11) is 1.50. The smallest absolute Gasteiger partial charge is 0.347 e. The molecule has 0 spiro atoms. The van der Waals surface area contributed by atoms with E-state index in [4.69, 9.17) is 21.1 Å². The molecule has 0 saturated carbocycles. The first-order valence-electron chi connectivity index (χ1n) is 22.1. The highest BCUT2D eigenvalue weighted by atomic mass is 35.5. The van der Waals surface area contributed by atoms with Crippen molar-refractivity contribution in [2.75, 3.05) is 33.4 Å². The quantitative estimate of drug-likeness (QED) is 0.0487. The predicted molar refractivity (Wildman–Crippen MR) is 261 cm³/mol. The minimum Gasteiger partial charge on any atom is -0.506 e. The average molecular weight is 942 g/mol. The number of esters is 1. The van der Waals surface area contributed by atoms with Crippen molar-refractivity contribution in [3.63, 3.8) is 0 Å². The van der Waals surface area contributed by atoms with Gasteiger partial charge in [-0.1, -0.05) is 103 Å². The van der Waals surface area contributed by atoms with Gasteiger partial charge >= 0.3 is 5.97 Å². The highest BCUT2D eigenvalue weighted by Gasteiger charge is 2.43. The van der Waals surface area contributed by atoms with Gasteiger partial charge in [0, 0.05) is 57.4 Å². The minimum atomic E-state index is -2.06. The first kappa shape index (κ1) is 47.2. The number of carbonyl (C=O) groups excluding carboxylic acids is 2. The molecule has 3 heterocycles. The summed E-state index contributed by atoms with van der Waals surface area (Å²) in [4.78, 5) is 46.3. The number of hydrogen-bond donors (Lipinski definition) is 6. The molecule has 1 saturated heterocycles. The lowest BCUT2D eigenvalue weighted by Crippen LogP contribution is -2.43. The third-order valence-corrected chi connectivity index (χ3v) is 14.0. The molecule has 1 aliphatic heterocycles. The second kappa shape index (κ2) is 20.7. The van der Waals surface area contributed by atoms with Crippen LogP contribution in [-0.4, -0.2) is 70.4 Å². The van der Waals surface area contributed by atoms with Crippen molar-refractivity contribution in [3.8, 4) is 21.9 Å². The number of halogens is 1. The van der Waals surface area contributed by atoms with E-state index in [-0.39, 0.29) is 59.1 Å². The number of aliphatic hydroxyl groups excluding tert-OH is 1. The second-order valence-corrected chi connectivity index (χ2v) is 18.9. The van der Waals surface area contributed by atoms with E-state index in [1.165, 1.54) is 36.1 Å². The number of rotatable bonds is 17. The number of benzene rings is 5. The highest BCUT2D eigenvalue weighted by molar-refractivity contribution is 7.15. The zero-order valence-electron chi connectivity index (χ0n) is 37.3. The van der Waals surface area contributed by atoms with Crippen LogP contribution in [0.2, 0.25) is 5.02 Å². The third kappa shape index (κ3) is 10.8. The topological polar surface area (TPSA) is 173 Å². The number of pyridine rings is 1. The lowest BCUT2D eigenvalue weighted by molar-refractivity contribution is -0.166. The Morgan fingerprint density at radius 2 is 1.63 bits per heavy atom. The molecular formula is C53H53ClN4O8S. The maximum atomic E-state index is 14.2. The fraction of sp³-hybridized carbons (Fsp3) is 0.264. The predicted octanol–water partition coefficient (Wildman–Crippen LogP) is 8.46. The van der Waals surface area contributed by atoms with Gasteiger partial charge in [-0.15, -0.1) is 11.3 Å². The summed E-state index contributed by atoms with van der Waals surface area (Å²) < 4.78 is 11.7. The fourth-order valence-electron chi connectivity index (χ4n) is 8.55. The van der Waals surface area contributed by atoms with Crippen LogP contribution in [0.25, 0.3) is 21.3 Å². The van der Waals surface area contributed by atoms with Crippen molar-refractivity contribution in [3.05, 3.63) is 187 Å². The Labute approximate surface area is 397 Å². The van der Waals surface area contributed by atoms with E-state index in [9.17, 15) is 29.7 Å². The number of piperidine rings is 1. The molecule has 8 rings (SSSR count). The Hall–Kier alpha value is -6.32. The molecular weight excluding hydrogens is 888 g/mol. The number of ether oxygens (including phenoxy) is 2. The van der Waals surface area contributed by atoms with Crippen LogP contribution in [-0.2, 0) is 34.8 Å². The normalized spacial score (nSPS) is 15.1. The molecule has 6 N–H and O–H groups in total. The van der Waals surface area contributed by atoms with Crippen molar-refractivity contribution < 1.29 is 34.4 Å². The highest BCUT2D eigenvalue weighted by Crippen LogP contribution is 2.38. The van der Waals surface area contributed by atoms with Crippen molar-refractivity contribution in [1.29, 1.82) is 0 Å². The van der Waals surface area contributed by atoms with E-state index in [2.05, 4.69) is 51.7 Å². The maximum Gasteiger partial charge on any atom is 0.347 e. The van der Waals surface area contributed by atoms with E-state index in [1.54, 1.807) is 54.6 Å². The molecule has 7 aromatic rings. The number of amides is 1. The maximum absolute atomic E-state index is 14.2. The summed E-state index contributed by atoms with van der Waals surface area (Å²) in [6.45, 7) is 5.59. The van der Waals surface area contributed by atoms with E-state index in [0.717, 1.165) is 47.8 Å². The molecule has 0 bridgehead atoms. The number of nitrogens with zero attached hydrogens (tertiary/aromatic N) is 1. The molecule has 67 heavy (non-hydrogen) atoms. The van der Waals surface area contributed by atoms with E-state index >= 15 is 0 Å². The Bertz CT molecular complexity index is 2920. The average Bonchev–Trinajstić information content (AvgIpc) is 3.83. The van der Waals surface area contributed by atoms with Crippen molar-refractivity contribution in [1.82, 2.24) is 20.5 Å². The molecule has 1 amide bonds. The Morgan fingerprint density at radius 3 is 2.37 bits per heavy atom. The summed E-state index contributed by atoms with van der Waals surface area (Å²) in [6.07, 6.45) is 0.754. The Kier molecular flexibility index (Phi) is 14.6. The van der Waals surface area contributed by atoms with Gasteiger partial charge in [0.1, 0.15) is 11.5 Å². The van der Waals surface area contributed by atoms with Gasteiger partial charge in [0.25, 0.3) is 5.91 Å². The fourth-order valence-corrected chi connectivity index (χ4v) is 9.77. The van der Waals surface area contributed by atoms with E-state index in [1.807, 2.05) is 42.5 Å². The van der Waals surface area contributed by atoms with Crippen LogP contribution >= 0.6 is 22.9 Å². The molecule has 2 atom stereocenters. The Balaban J connectivity index is 0.894. The molecule has 14 heteroatoms. The number of phenols is 1. The summed E-state index contributed by atoms with van der Waals surface area (Å²) in [5, 5.41) is 40.5. The van der Waals surface area contributed by atoms with Crippen LogP contribution in [0, 0.1) is 5.41 Å². The number of nitrogens with one attached hydrogen (secondary N) is 3. The number of aliphatic hydroxyl groups is 2. The van der Waals surface area contributed by atoms with Crippen LogP contribution in [0.15, 0.2) is 138 Å². The molecule has 1 aliphatic rings. The zero-order valence-corrected chi connectivity index (χ0v) is 38.8. The van der Waals surface area contributed by atoms with Crippen LogP contribution in [0.1, 0.15) is 68.9 Å². The van der Waals surface area contributed by atoms with Gasteiger partial charge in [0.15, 0.2) is 0 Å². The van der Waals surface area contributed by atoms with Gasteiger partial charge in [0.05, 0.1) is 42.5 Å². The largest absolute Gasteiger partial charge is 0.506 e. The van der Waals surface area contributed by atoms with Crippen LogP contribution < -0.4 is 20.9 Å². The zero-order chi connectivity index (χ0) is 47.1. The Morgan fingerprint density at radius 1 is 0.896 bits per heavy atom. The van der Waals surface area contributed by atoms with Gasteiger partial charge < -0.3 is 40.4 Å². The third-order valence-electron chi connectivity index (χ3n) is 12.5. The molecule has 0 radical (unpaired) electrons. The lowest BCUT2D eigenvalue weighted by atomic mass is 9.81. The first-order valence-corrected chi connectivity index (χ1v) is 23.3. The van der Waals surface area contributed by atoms with Crippen LogP contribution in [0.3, 0.4) is 0 Å². The van der Waals surface area contributed by atoms with E-state index < -0.39 is 23.6 Å². The number of fused-ring (bicyclic) bond motifs is 1. The number of aromatic hydroxyl groups is 1. The summed E-state index contributed by atoms with van der Waals surface area (Å²) in [6, 6.07) is 39.6. The molecule has 5 aromatic carbocycles. The number of aromatic nitrogens is 1. The standard InChI is InChI=1S/C53H53ClN4O8S/c1-52(22-24-58(25-23-52)32-34-10-5-3-6-11-34)33-66-51(63)53(64,37-13-7-4-8-14-37)38-15-9-12-35(26-38)47-20-16-39(67-47)30-56-50(62)42-28-46(65-2)36(27-43(42)54)29-55-31-45(60)40-17-19-44(59)49-41(40)18-21-48(61)57-49/h3-21,26-28,45,55,59-60,64H,22-25,29-33H2,1-2H3,(H,56,62)(H,57,61)/t45-,53?/m0/s1. The lowest BCUT2D eigenvalue weighted by Gasteiger charge is -2.39. The molecule has 2 aromatic heterocycles. The molecule has 346 valence electrons. The number of carbonyl (C=O) groups is 2. The number of thiophene rings is 1. The molecule has 1 fully saturated rings. The van der Waals surface area contributed by atoms with Crippen LogP contribution in [0.4, 0.5) is 0 Å². The molecule has 12 nitrogen and oxygen atoms in total. The number of phenolic OH excluding ortho intramolecular Hbond substituents is 1. The summed E-state index contributed by atoms with van der Waals surface area (Å²) in [5.41, 5.74) is 1.87. The number of aromatic amines is 1. The van der Waals surface area contributed by atoms with Crippen molar-refractivity contribution >= 4 is 45.7 Å². The molecule has 0 aliphatic carbocycles. The van der Waals surface area contributed by atoms with Gasteiger partial charge in [-0.2, -0.15) is 0 Å². The number of likely N-dealkylation sites (tertiary alicyclic amines) is 1. The summed E-state index contributed by atoms with van der Waals surface area (Å²) in [5.74, 6) is -0.790. The summed E-state index contributed by atoms with van der Waals surface area (Å²) >= 11 is 8.14. The van der Waals surface area contributed by atoms with Crippen LogP contribution in [0.5, 0.6) is 11.5 Å². The molecule has 1 unspecified atom stereocenters. The monoisotopic (exact) mass is 940 g/mol. The van der Waals surface area contributed by atoms with Gasteiger partial charge in [-0.3, -0.25) is 14.5 Å². The second-order valence-electron chi connectivity index (χ2n) is 17.3. The number of H-pyrrole nitrogens is 1. The first-order chi connectivity index (χ1) is 32.3.